The van der Waals surface area contributed by atoms with Gasteiger partial charge in [0, 0.05) is 12.7 Å². The van der Waals surface area contributed by atoms with E-state index in [2.05, 4.69) is 44.8 Å². The predicted octanol–water partition coefficient (Wildman–Crippen LogP) is 4.83. The highest BCUT2D eigenvalue weighted by Crippen LogP contribution is 2.29. The molecule has 0 aliphatic carbocycles. The van der Waals surface area contributed by atoms with Crippen molar-refractivity contribution in [2.24, 2.45) is 0 Å². The van der Waals surface area contributed by atoms with Crippen molar-refractivity contribution in [3.8, 4) is 0 Å². The maximum atomic E-state index is 3.84. The van der Waals surface area contributed by atoms with Gasteiger partial charge in [-0.25, -0.2) is 0 Å². The zero-order valence-electron chi connectivity index (χ0n) is 11.5. The molecule has 16 heavy (non-hydrogen) atoms. The van der Waals surface area contributed by atoms with Crippen molar-refractivity contribution in [2.45, 2.75) is 40.5 Å². The molecule has 0 aromatic heterocycles. The molecule has 0 aliphatic heterocycles. The van der Waals surface area contributed by atoms with Gasteiger partial charge in [0.15, 0.2) is 0 Å². The normalized spacial score (nSPS) is 9.44. The van der Waals surface area contributed by atoms with Crippen LogP contribution < -0.4 is 5.32 Å². The summed E-state index contributed by atoms with van der Waals surface area (Å²) in [5, 5.41) is 3.25. The zero-order valence-corrected chi connectivity index (χ0v) is 11.5. The fourth-order valence-electron chi connectivity index (χ4n) is 1.75. The average molecular weight is 219 g/mol. The first-order chi connectivity index (χ1) is 7.60. The molecule has 1 nitrogen and oxygen atoms in total. The quantitative estimate of drug-likeness (QED) is 0.767. The van der Waals surface area contributed by atoms with Crippen LogP contribution in [0.3, 0.4) is 0 Å². The van der Waals surface area contributed by atoms with Crippen LogP contribution in [0.1, 0.15) is 50.3 Å². The number of benzene rings is 1. The molecule has 0 saturated heterocycles. The third-order valence-electron chi connectivity index (χ3n) is 2.44. The number of hydrogen-bond acceptors (Lipinski definition) is 1. The fraction of sp³-hybridized carbons (Fsp3) is 0.467. The summed E-state index contributed by atoms with van der Waals surface area (Å²) in [6, 6.07) is 4.40. The molecule has 0 spiro atoms. The van der Waals surface area contributed by atoms with Gasteiger partial charge in [0.2, 0.25) is 0 Å². The fourth-order valence-corrected chi connectivity index (χ4v) is 1.75. The number of anilines is 1. The van der Waals surface area contributed by atoms with E-state index in [0.29, 0.717) is 5.92 Å². The Kier molecular flexibility index (Phi) is 6.55. The Balaban J connectivity index is 0.00000106. The standard InChI is InChI=1S/C13H19N.C2H6/c1-6-11-7-10(4)8-12(9(2)3)13(11)14-5;1-2/h6-9,14H,1H2,2-5H3;1-2H3. The molecular weight excluding hydrogens is 194 g/mol. The van der Waals surface area contributed by atoms with Crippen LogP contribution in [-0.4, -0.2) is 7.05 Å². The van der Waals surface area contributed by atoms with Crippen LogP contribution in [-0.2, 0) is 0 Å². The van der Waals surface area contributed by atoms with Crippen molar-refractivity contribution in [2.75, 3.05) is 12.4 Å². The lowest BCUT2D eigenvalue weighted by atomic mass is 9.95. The van der Waals surface area contributed by atoms with Gasteiger partial charge in [0.05, 0.1) is 0 Å². The van der Waals surface area contributed by atoms with E-state index in [1.165, 1.54) is 22.4 Å². The smallest absolute Gasteiger partial charge is 0.0446 e. The van der Waals surface area contributed by atoms with E-state index < -0.39 is 0 Å². The van der Waals surface area contributed by atoms with Gasteiger partial charge in [-0.1, -0.05) is 52.0 Å². The molecule has 90 valence electrons. The van der Waals surface area contributed by atoms with E-state index >= 15 is 0 Å². The molecule has 0 radical (unpaired) electrons. The van der Waals surface area contributed by atoms with Gasteiger partial charge >= 0.3 is 0 Å². The molecule has 1 rings (SSSR count). The van der Waals surface area contributed by atoms with Gasteiger partial charge in [-0.05, 0) is 30.0 Å². The minimum Gasteiger partial charge on any atom is -0.387 e. The zero-order chi connectivity index (χ0) is 12.7. The minimum atomic E-state index is 0.538. The Morgan fingerprint density at radius 3 is 2.19 bits per heavy atom. The van der Waals surface area contributed by atoms with E-state index in [1.807, 2.05) is 27.0 Å². The van der Waals surface area contributed by atoms with Crippen LogP contribution in [0.4, 0.5) is 5.69 Å². The predicted molar refractivity (Wildman–Crippen MR) is 76.3 cm³/mol. The van der Waals surface area contributed by atoms with Gasteiger partial charge < -0.3 is 5.32 Å². The first-order valence-electron chi connectivity index (χ1n) is 6.04. The summed E-state index contributed by atoms with van der Waals surface area (Å²) in [6.45, 7) is 14.4. The van der Waals surface area contributed by atoms with Crippen molar-refractivity contribution in [1.82, 2.24) is 0 Å². The average Bonchev–Trinajstić information content (AvgIpc) is 2.30. The highest BCUT2D eigenvalue weighted by atomic mass is 14.8. The van der Waals surface area contributed by atoms with Gasteiger partial charge in [0.1, 0.15) is 0 Å². The summed E-state index contributed by atoms with van der Waals surface area (Å²) in [7, 11) is 1.96. The van der Waals surface area contributed by atoms with Crippen LogP contribution in [0.5, 0.6) is 0 Å². The third kappa shape index (κ3) is 3.41. The minimum absolute atomic E-state index is 0.538. The summed E-state index contributed by atoms with van der Waals surface area (Å²) in [4.78, 5) is 0. The number of hydrogen-bond donors (Lipinski definition) is 1. The second-order valence-corrected chi connectivity index (χ2v) is 3.93. The Morgan fingerprint density at radius 2 is 1.81 bits per heavy atom. The molecule has 1 N–H and O–H groups in total. The van der Waals surface area contributed by atoms with E-state index in [1.54, 1.807) is 0 Å². The monoisotopic (exact) mass is 219 g/mol. The van der Waals surface area contributed by atoms with Crippen molar-refractivity contribution < 1.29 is 0 Å². The number of aryl methyl sites for hydroxylation is 1. The van der Waals surface area contributed by atoms with Crippen molar-refractivity contribution in [1.29, 1.82) is 0 Å². The van der Waals surface area contributed by atoms with Crippen LogP contribution in [0, 0.1) is 6.92 Å². The largest absolute Gasteiger partial charge is 0.387 e. The van der Waals surface area contributed by atoms with Gasteiger partial charge in [-0.3, -0.25) is 0 Å². The highest BCUT2D eigenvalue weighted by Gasteiger charge is 2.09. The van der Waals surface area contributed by atoms with Crippen molar-refractivity contribution in [3.05, 3.63) is 35.4 Å². The molecule has 0 saturated carbocycles. The molecule has 1 heteroatoms. The summed E-state index contributed by atoms with van der Waals surface area (Å²) in [5.41, 5.74) is 5.06. The first kappa shape index (κ1) is 14.8. The van der Waals surface area contributed by atoms with Crippen LogP contribution in [0.25, 0.3) is 6.08 Å². The highest BCUT2D eigenvalue weighted by molar-refractivity contribution is 5.70. The Bertz CT molecular complexity index is 338. The van der Waals surface area contributed by atoms with Crippen molar-refractivity contribution >= 4 is 11.8 Å². The van der Waals surface area contributed by atoms with Crippen molar-refractivity contribution in [3.63, 3.8) is 0 Å². The maximum Gasteiger partial charge on any atom is 0.0446 e. The lowest BCUT2D eigenvalue weighted by Gasteiger charge is -2.16. The van der Waals surface area contributed by atoms with Gasteiger partial charge in [0.25, 0.3) is 0 Å². The van der Waals surface area contributed by atoms with E-state index in [9.17, 15) is 0 Å². The molecule has 1 aromatic carbocycles. The number of rotatable bonds is 3. The third-order valence-corrected chi connectivity index (χ3v) is 2.44. The SMILES string of the molecule is C=Cc1cc(C)cc(C(C)C)c1NC.CC. The molecule has 0 atom stereocenters. The molecule has 0 bridgehead atoms. The van der Waals surface area contributed by atoms with Gasteiger partial charge in [-0.15, -0.1) is 0 Å². The molecule has 0 heterocycles. The summed E-state index contributed by atoms with van der Waals surface area (Å²) < 4.78 is 0. The first-order valence-corrected chi connectivity index (χ1v) is 6.04. The van der Waals surface area contributed by atoms with Crippen LogP contribution >= 0.6 is 0 Å². The lowest BCUT2D eigenvalue weighted by molar-refractivity contribution is 0.866. The molecule has 0 unspecified atom stereocenters. The second-order valence-electron chi connectivity index (χ2n) is 3.93. The molecule has 0 amide bonds. The summed E-state index contributed by atoms with van der Waals surface area (Å²) in [5.74, 6) is 0.538. The Morgan fingerprint density at radius 1 is 1.25 bits per heavy atom. The van der Waals surface area contributed by atoms with Gasteiger partial charge in [-0.2, -0.15) is 0 Å². The molecule has 1 aromatic rings. The van der Waals surface area contributed by atoms with E-state index in [-0.39, 0.29) is 0 Å². The van der Waals surface area contributed by atoms with E-state index in [4.69, 9.17) is 0 Å². The number of nitrogens with one attached hydrogen (secondary N) is 1. The maximum absolute atomic E-state index is 3.84. The van der Waals surface area contributed by atoms with E-state index in [0.717, 1.165) is 0 Å². The molecular formula is C15H25N. The van der Waals surface area contributed by atoms with Crippen LogP contribution in [0.2, 0.25) is 0 Å². The Hall–Kier alpha value is -1.24. The lowest BCUT2D eigenvalue weighted by Crippen LogP contribution is -2.00. The Labute approximate surface area is 101 Å². The molecule has 0 aliphatic rings. The second kappa shape index (κ2) is 7.10. The summed E-state index contributed by atoms with van der Waals surface area (Å²) >= 11 is 0. The van der Waals surface area contributed by atoms with Crippen LogP contribution in [0.15, 0.2) is 18.7 Å². The molecule has 0 fully saturated rings. The topological polar surface area (TPSA) is 12.0 Å². The summed E-state index contributed by atoms with van der Waals surface area (Å²) in [6.07, 6.45) is 1.91.